The molecule has 0 aliphatic carbocycles. The molecule has 1 heterocycles. The number of methoxy groups -OCH3 is 2. The molecule has 1 saturated heterocycles. The van der Waals surface area contributed by atoms with Gasteiger partial charge < -0.3 is 19.7 Å². The number of amides is 1. The zero-order valence-electron chi connectivity index (χ0n) is 15.5. The Morgan fingerprint density at radius 1 is 1.11 bits per heavy atom. The third-order valence-corrected chi connectivity index (χ3v) is 4.71. The molecule has 1 fully saturated rings. The minimum absolute atomic E-state index is 0.276. The summed E-state index contributed by atoms with van der Waals surface area (Å²) >= 11 is 0. The van der Waals surface area contributed by atoms with Crippen LogP contribution in [0.15, 0.2) is 42.5 Å². The van der Waals surface area contributed by atoms with Crippen molar-refractivity contribution in [3.63, 3.8) is 0 Å². The Morgan fingerprint density at radius 2 is 1.86 bits per heavy atom. The van der Waals surface area contributed by atoms with E-state index < -0.39 is 17.8 Å². The Bertz CT molecular complexity index is 855. The van der Waals surface area contributed by atoms with Crippen molar-refractivity contribution in [2.45, 2.75) is 25.1 Å². The summed E-state index contributed by atoms with van der Waals surface area (Å²) in [5.74, 6) is 0.732. The summed E-state index contributed by atoms with van der Waals surface area (Å²) in [6.45, 7) is 0.519. The first-order chi connectivity index (χ1) is 13.3. The number of hydrogen-bond acceptors (Lipinski definition) is 4. The van der Waals surface area contributed by atoms with Crippen molar-refractivity contribution in [2.24, 2.45) is 0 Å². The molecule has 2 aromatic carbocycles. The monoisotopic (exact) mass is 394 g/mol. The fourth-order valence-electron chi connectivity index (χ4n) is 3.35. The number of carbonyl (C=O) groups excluding carboxylic acids is 1. The van der Waals surface area contributed by atoms with Crippen molar-refractivity contribution in [3.05, 3.63) is 48.0 Å². The first-order valence-corrected chi connectivity index (χ1v) is 8.80. The highest BCUT2D eigenvalue weighted by Gasteiger charge is 2.34. The van der Waals surface area contributed by atoms with Gasteiger partial charge >= 0.3 is 6.18 Å². The van der Waals surface area contributed by atoms with Gasteiger partial charge in [0.25, 0.3) is 0 Å². The molecule has 0 radical (unpaired) electrons. The van der Waals surface area contributed by atoms with Crippen LogP contribution >= 0.6 is 0 Å². The maximum atomic E-state index is 13.0. The van der Waals surface area contributed by atoms with Gasteiger partial charge in [-0.1, -0.05) is 6.07 Å². The summed E-state index contributed by atoms with van der Waals surface area (Å²) in [6, 6.07) is 9.52. The second-order valence-electron chi connectivity index (χ2n) is 6.46. The topological polar surface area (TPSA) is 50.8 Å². The van der Waals surface area contributed by atoms with Gasteiger partial charge in [0.1, 0.15) is 6.04 Å². The fraction of sp³-hybridized carbons (Fsp3) is 0.350. The molecule has 1 aliphatic heterocycles. The number of hydrogen-bond donors (Lipinski definition) is 1. The van der Waals surface area contributed by atoms with E-state index in [1.807, 2.05) is 0 Å². The highest BCUT2D eigenvalue weighted by Crippen LogP contribution is 2.34. The molecule has 3 rings (SSSR count). The average molecular weight is 394 g/mol. The molecule has 8 heteroatoms. The standard InChI is InChI=1S/C20H21F3N2O3/c1-27-17-9-8-14(12-18(17)28-2)24-19(26)16-7-4-10-25(16)15-6-3-5-13(11-15)20(21,22)23/h3,5-6,8-9,11-12,16H,4,7,10H2,1-2H3,(H,24,26). The van der Waals surface area contributed by atoms with E-state index in [9.17, 15) is 18.0 Å². The number of nitrogens with zero attached hydrogens (tertiary/aromatic N) is 1. The summed E-state index contributed by atoms with van der Waals surface area (Å²) in [5, 5.41) is 2.82. The second-order valence-corrected chi connectivity index (χ2v) is 6.46. The minimum atomic E-state index is -4.42. The molecular weight excluding hydrogens is 373 g/mol. The third-order valence-electron chi connectivity index (χ3n) is 4.71. The van der Waals surface area contributed by atoms with Crippen LogP contribution in [0.5, 0.6) is 11.5 Å². The van der Waals surface area contributed by atoms with Gasteiger partial charge in [0.2, 0.25) is 5.91 Å². The van der Waals surface area contributed by atoms with E-state index in [0.717, 1.165) is 18.6 Å². The van der Waals surface area contributed by atoms with Crippen molar-refractivity contribution in [2.75, 3.05) is 31.0 Å². The molecule has 1 amide bonds. The molecule has 0 saturated carbocycles. The van der Waals surface area contributed by atoms with Crippen molar-refractivity contribution >= 4 is 17.3 Å². The van der Waals surface area contributed by atoms with Crippen molar-refractivity contribution in [1.82, 2.24) is 0 Å². The smallest absolute Gasteiger partial charge is 0.416 e. The maximum absolute atomic E-state index is 13.0. The first kappa shape index (κ1) is 19.9. The molecule has 150 valence electrons. The molecule has 28 heavy (non-hydrogen) atoms. The Hall–Kier alpha value is -2.90. The van der Waals surface area contributed by atoms with Crippen molar-refractivity contribution in [1.29, 1.82) is 0 Å². The van der Waals surface area contributed by atoms with E-state index in [1.165, 1.54) is 20.3 Å². The van der Waals surface area contributed by atoms with Gasteiger partial charge in [-0.3, -0.25) is 4.79 Å². The summed E-state index contributed by atoms with van der Waals surface area (Å²) in [4.78, 5) is 14.5. The summed E-state index contributed by atoms with van der Waals surface area (Å²) in [5.41, 5.74) is 0.189. The molecule has 0 bridgehead atoms. The lowest BCUT2D eigenvalue weighted by molar-refractivity contribution is -0.137. The predicted octanol–water partition coefficient (Wildman–Crippen LogP) is 4.33. The molecule has 0 spiro atoms. The van der Waals surface area contributed by atoms with Gasteiger partial charge in [-0.2, -0.15) is 13.2 Å². The van der Waals surface area contributed by atoms with Crippen LogP contribution < -0.4 is 19.7 Å². The third kappa shape index (κ3) is 4.16. The number of carbonyl (C=O) groups is 1. The zero-order valence-corrected chi connectivity index (χ0v) is 15.5. The van der Waals surface area contributed by atoms with Crippen LogP contribution in [0.2, 0.25) is 0 Å². The van der Waals surface area contributed by atoms with Crippen LogP contribution in [-0.2, 0) is 11.0 Å². The number of alkyl halides is 3. The van der Waals surface area contributed by atoms with E-state index in [1.54, 1.807) is 29.2 Å². The molecule has 1 unspecified atom stereocenters. The molecule has 5 nitrogen and oxygen atoms in total. The summed E-state index contributed by atoms with van der Waals surface area (Å²) in [7, 11) is 3.01. The van der Waals surface area contributed by atoms with E-state index >= 15 is 0 Å². The quantitative estimate of drug-likeness (QED) is 0.820. The Morgan fingerprint density at radius 3 is 2.54 bits per heavy atom. The number of anilines is 2. The van der Waals surface area contributed by atoms with E-state index in [0.29, 0.717) is 35.8 Å². The maximum Gasteiger partial charge on any atom is 0.416 e. The SMILES string of the molecule is COc1ccc(NC(=O)C2CCCN2c2cccc(C(F)(F)F)c2)cc1OC. The van der Waals surface area contributed by atoms with Gasteiger partial charge in [-0.05, 0) is 43.2 Å². The second kappa shape index (κ2) is 8.00. The Balaban J connectivity index is 1.79. The van der Waals surface area contributed by atoms with Gasteiger partial charge in [-0.25, -0.2) is 0 Å². The normalized spacial score (nSPS) is 16.8. The lowest BCUT2D eigenvalue weighted by Gasteiger charge is -2.26. The largest absolute Gasteiger partial charge is 0.493 e. The first-order valence-electron chi connectivity index (χ1n) is 8.80. The van der Waals surface area contributed by atoms with Crippen molar-refractivity contribution in [3.8, 4) is 11.5 Å². The van der Waals surface area contributed by atoms with Crippen molar-refractivity contribution < 1.29 is 27.4 Å². The Labute approximate surface area is 161 Å². The summed E-state index contributed by atoms with van der Waals surface area (Å²) in [6.07, 6.45) is -3.14. The number of nitrogens with one attached hydrogen (secondary N) is 1. The Kier molecular flexibility index (Phi) is 5.67. The lowest BCUT2D eigenvalue weighted by Crippen LogP contribution is -2.39. The molecule has 1 aliphatic rings. The number of benzene rings is 2. The fourth-order valence-corrected chi connectivity index (χ4v) is 3.35. The highest BCUT2D eigenvalue weighted by atomic mass is 19.4. The van der Waals surface area contributed by atoms with Crippen LogP contribution in [-0.4, -0.2) is 32.7 Å². The van der Waals surface area contributed by atoms with Gasteiger partial charge in [0, 0.05) is 24.0 Å². The van der Waals surface area contributed by atoms with Crippen LogP contribution in [0.4, 0.5) is 24.5 Å². The lowest BCUT2D eigenvalue weighted by atomic mass is 10.1. The molecule has 2 aromatic rings. The van der Waals surface area contributed by atoms with Crippen LogP contribution in [0.3, 0.4) is 0 Å². The molecule has 0 aromatic heterocycles. The highest BCUT2D eigenvalue weighted by molar-refractivity contribution is 5.97. The van der Waals surface area contributed by atoms with E-state index in [-0.39, 0.29) is 5.91 Å². The average Bonchev–Trinajstić information content (AvgIpc) is 3.17. The van der Waals surface area contributed by atoms with Gasteiger partial charge in [0.05, 0.1) is 19.8 Å². The van der Waals surface area contributed by atoms with E-state index in [2.05, 4.69) is 5.32 Å². The zero-order chi connectivity index (χ0) is 20.3. The predicted molar refractivity (Wildman–Crippen MR) is 100.0 cm³/mol. The molecule has 1 N–H and O–H groups in total. The van der Waals surface area contributed by atoms with Gasteiger partial charge in [-0.15, -0.1) is 0 Å². The number of rotatable bonds is 5. The van der Waals surface area contributed by atoms with Crippen LogP contribution in [0.25, 0.3) is 0 Å². The van der Waals surface area contributed by atoms with Crippen LogP contribution in [0, 0.1) is 0 Å². The van der Waals surface area contributed by atoms with Gasteiger partial charge in [0.15, 0.2) is 11.5 Å². The molecule has 1 atom stereocenters. The summed E-state index contributed by atoms with van der Waals surface area (Å²) < 4.78 is 49.4. The molecular formula is C20H21F3N2O3. The number of ether oxygens (including phenoxy) is 2. The number of halogens is 3. The van der Waals surface area contributed by atoms with Crippen LogP contribution in [0.1, 0.15) is 18.4 Å². The van der Waals surface area contributed by atoms with E-state index in [4.69, 9.17) is 9.47 Å². The minimum Gasteiger partial charge on any atom is -0.493 e.